The molecule has 0 saturated heterocycles. The Labute approximate surface area is 85.1 Å². The van der Waals surface area contributed by atoms with Crippen LogP contribution in [0.5, 0.6) is 0 Å². The van der Waals surface area contributed by atoms with Crippen molar-refractivity contribution in [2.24, 2.45) is 0 Å². The van der Waals surface area contributed by atoms with Crippen molar-refractivity contribution in [3.8, 4) is 0 Å². The normalized spacial score (nSPS) is 16.1. The smallest absolute Gasteiger partial charge is 0.303 e. The maximum Gasteiger partial charge on any atom is 0.410 e. The number of hydrogen-bond acceptors (Lipinski definition) is 1. The summed E-state index contributed by atoms with van der Waals surface area (Å²) in [5.74, 6) is -0.869. The molecule has 1 N–H and O–H groups in total. The van der Waals surface area contributed by atoms with Crippen molar-refractivity contribution in [1.82, 2.24) is 5.32 Å². The minimum absolute atomic E-state index is 0.403. The summed E-state index contributed by atoms with van der Waals surface area (Å²) in [6.45, 7) is 0.908. The quantitative estimate of drug-likeness (QED) is 0.757. The Balaban J connectivity index is 3.30. The highest BCUT2D eigenvalue weighted by molar-refractivity contribution is 5.27. The van der Waals surface area contributed by atoms with Crippen LogP contribution in [-0.4, -0.2) is 13.2 Å². The van der Waals surface area contributed by atoms with Crippen molar-refractivity contribution in [3.05, 3.63) is 35.6 Å². The van der Waals surface area contributed by atoms with Gasteiger partial charge in [0.25, 0.3) is 0 Å². The van der Waals surface area contributed by atoms with E-state index in [-0.39, 0.29) is 0 Å². The van der Waals surface area contributed by atoms with Crippen molar-refractivity contribution < 1.29 is 17.6 Å². The molecule has 0 saturated carbocycles. The largest absolute Gasteiger partial charge is 0.410 e. The Morgan fingerprint density at radius 1 is 1.13 bits per heavy atom. The van der Waals surface area contributed by atoms with Crippen molar-refractivity contribution in [2.75, 3.05) is 7.05 Å². The molecule has 0 heterocycles. The van der Waals surface area contributed by atoms with Crippen LogP contribution in [0.25, 0.3) is 0 Å². The maximum atomic E-state index is 13.3. The van der Waals surface area contributed by atoms with E-state index in [0.717, 1.165) is 26.1 Å². The number of alkyl halides is 3. The molecule has 0 bridgehead atoms. The molecule has 0 aliphatic carbocycles. The van der Waals surface area contributed by atoms with E-state index in [4.69, 9.17) is 0 Å². The predicted molar refractivity (Wildman–Crippen MR) is 48.9 cm³/mol. The first kappa shape index (κ1) is 12.0. The lowest BCUT2D eigenvalue weighted by molar-refractivity contribution is -0.194. The maximum absolute atomic E-state index is 13.3. The monoisotopic (exact) mass is 221 g/mol. The van der Waals surface area contributed by atoms with Crippen LogP contribution in [0.2, 0.25) is 0 Å². The van der Waals surface area contributed by atoms with Gasteiger partial charge in [0.1, 0.15) is 11.4 Å². The highest BCUT2D eigenvalue weighted by Gasteiger charge is 2.52. The molecule has 0 amide bonds. The standard InChI is InChI=1S/C10H11F4N/c1-9(15-2,10(12,13)14)7-5-3-4-6-8(7)11/h3-6,15H,1-2H3. The molecule has 1 aromatic rings. The molecule has 1 atom stereocenters. The molecule has 15 heavy (non-hydrogen) atoms. The Hall–Kier alpha value is -1.10. The van der Waals surface area contributed by atoms with Gasteiger partial charge in [-0.2, -0.15) is 13.2 Å². The number of hydrogen-bond donors (Lipinski definition) is 1. The summed E-state index contributed by atoms with van der Waals surface area (Å²) < 4.78 is 51.5. The van der Waals surface area contributed by atoms with Gasteiger partial charge in [-0.3, -0.25) is 0 Å². The molecule has 5 heteroatoms. The Morgan fingerprint density at radius 3 is 2.07 bits per heavy atom. The first-order valence-corrected chi connectivity index (χ1v) is 4.33. The minimum atomic E-state index is -4.55. The fourth-order valence-electron chi connectivity index (χ4n) is 1.30. The fraction of sp³-hybridized carbons (Fsp3) is 0.400. The number of benzene rings is 1. The fourth-order valence-corrected chi connectivity index (χ4v) is 1.30. The molecular formula is C10H11F4N. The van der Waals surface area contributed by atoms with Crippen LogP contribution in [0, 0.1) is 5.82 Å². The van der Waals surface area contributed by atoms with Gasteiger partial charge >= 0.3 is 6.18 Å². The van der Waals surface area contributed by atoms with Gasteiger partial charge in [0.2, 0.25) is 0 Å². The van der Waals surface area contributed by atoms with E-state index in [9.17, 15) is 17.6 Å². The predicted octanol–water partition coefficient (Wildman–Crippen LogP) is 2.82. The van der Waals surface area contributed by atoms with Crippen LogP contribution in [0.4, 0.5) is 17.6 Å². The summed E-state index contributed by atoms with van der Waals surface area (Å²) in [5.41, 5.74) is -2.77. The van der Waals surface area contributed by atoms with Crippen LogP contribution in [0.15, 0.2) is 24.3 Å². The van der Waals surface area contributed by atoms with Crippen molar-refractivity contribution in [2.45, 2.75) is 18.6 Å². The van der Waals surface area contributed by atoms with Crippen LogP contribution in [-0.2, 0) is 5.54 Å². The lowest BCUT2D eigenvalue weighted by Gasteiger charge is -2.32. The van der Waals surface area contributed by atoms with E-state index in [2.05, 4.69) is 5.32 Å². The van der Waals surface area contributed by atoms with Gasteiger partial charge < -0.3 is 5.32 Å². The third kappa shape index (κ3) is 1.97. The zero-order valence-electron chi connectivity index (χ0n) is 8.32. The summed E-state index contributed by atoms with van der Waals surface area (Å²) >= 11 is 0. The first-order valence-electron chi connectivity index (χ1n) is 4.33. The second-order valence-corrected chi connectivity index (χ2v) is 3.35. The second kappa shape index (κ2) is 3.81. The second-order valence-electron chi connectivity index (χ2n) is 3.35. The van der Waals surface area contributed by atoms with E-state index in [1.165, 1.54) is 12.1 Å². The summed E-state index contributed by atoms with van der Waals surface area (Å²) in [4.78, 5) is 0. The summed E-state index contributed by atoms with van der Waals surface area (Å²) in [6.07, 6.45) is -4.55. The van der Waals surface area contributed by atoms with E-state index in [0.29, 0.717) is 0 Å². The Morgan fingerprint density at radius 2 is 1.67 bits per heavy atom. The third-order valence-corrected chi connectivity index (χ3v) is 2.48. The van der Waals surface area contributed by atoms with E-state index >= 15 is 0 Å². The Bertz CT molecular complexity index is 348. The molecule has 1 unspecified atom stereocenters. The molecule has 0 radical (unpaired) electrons. The van der Waals surface area contributed by atoms with E-state index < -0.39 is 23.1 Å². The van der Waals surface area contributed by atoms with E-state index in [1.54, 1.807) is 0 Å². The van der Waals surface area contributed by atoms with Crippen LogP contribution < -0.4 is 5.32 Å². The Kier molecular flexibility index (Phi) is 3.04. The van der Waals surface area contributed by atoms with Gasteiger partial charge in [0.05, 0.1) is 0 Å². The number of halogens is 4. The van der Waals surface area contributed by atoms with Crippen molar-refractivity contribution in [3.63, 3.8) is 0 Å². The van der Waals surface area contributed by atoms with Gasteiger partial charge in [-0.05, 0) is 20.0 Å². The summed E-state index contributed by atoms with van der Waals surface area (Å²) in [5, 5.41) is 2.11. The van der Waals surface area contributed by atoms with Gasteiger partial charge in [-0.25, -0.2) is 4.39 Å². The molecule has 0 aliphatic rings. The molecule has 0 spiro atoms. The van der Waals surface area contributed by atoms with Crippen molar-refractivity contribution in [1.29, 1.82) is 0 Å². The minimum Gasteiger partial charge on any atom is -0.303 e. The summed E-state index contributed by atoms with van der Waals surface area (Å²) in [6, 6.07) is 4.86. The number of rotatable bonds is 2. The average molecular weight is 221 g/mol. The van der Waals surface area contributed by atoms with Gasteiger partial charge in [-0.1, -0.05) is 18.2 Å². The molecular weight excluding hydrogens is 210 g/mol. The van der Waals surface area contributed by atoms with Gasteiger partial charge in [0.15, 0.2) is 0 Å². The van der Waals surface area contributed by atoms with E-state index in [1.807, 2.05) is 0 Å². The zero-order valence-corrected chi connectivity index (χ0v) is 8.32. The first-order chi connectivity index (χ1) is 6.83. The lowest BCUT2D eigenvalue weighted by Crippen LogP contribution is -2.50. The van der Waals surface area contributed by atoms with Crippen LogP contribution in [0.1, 0.15) is 12.5 Å². The van der Waals surface area contributed by atoms with Gasteiger partial charge in [0, 0.05) is 5.56 Å². The van der Waals surface area contributed by atoms with Gasteiger partial charge in [-0.15, -0.1) is 0 Å². The topological polar surface area (TPSA) is 12.0 Å². The van der Waals surface area contributed by atoms with Crippen LogP contribution in [0.3, 0.4) is 0 Å². The molecule has 1 rings (SSSR count). The highest BCUT2D eigenvalue weighted by Crippen LogP contribution is 2.39. The molecule has 0 aliphatic heterocycles. The van der Waals surface area contributed by atoms with Crippen molar-refractivity contribution >= 4 is 0 Å². The molecule has 84 valence electrons. The molecule has 1 aromatic carbocycles. The summed E-state index contributed by atoms with van der Waals surface area (Å²) in [7, 11) is 1.15. The molecule has 0 fully saturated rings. The highest BCUT2D eigenvalue weighted by atomic mass is 19.4. The SMILES string of the molecule is CNC(C)(c1ccccc1F)C(F)(F)F. The van der Waals surface area contributed by atoms with Crippen LogP contribution >= 0.6 is 0 Å². The zero-order chi connectivity index (χ0) is 11.7. The molecule has 1 nitrogen and oxygen atoms in total. The molecule has 0 aromatic heterocycles. The third-order valence-electron chi connectivity index (χ3n) is 2.48. The number of nitrogens with one attached hydrogen (secondary N) is 1. The average Bonchev–Trinajstić information content (AvgIpc) is 2.15. The lowest BCUT2D eigenvalue weighted by atomic mass is 9.91.